The first-order chi connectivity index (χ1) is 7.59. The van der Waals surface area contributed by atoms with Gasteiger partial charge < -0.3 is 9.47 Å². The lowest BCUT2D eigenvalue weighted by molar-refractivity contribution is 0.341. The summed E-state index contributed by atoms with van der Waals surface area (Å²) < 4.78 is 2.34. The van der Waals surface area contributed by atoms with Crippen LogP contribution < -0.4 is 0 Å². The standard InChI is InChI=1S/C13H19N3/c1-10-8-16(11(2)9-15(3)4)13-5-6-14-7-12(10)13/h5-8,11H,9H2,1-4H3/t11-/m1/s1. The number of aromatic nitrogens is 2. The van der Waals surface area contributed by atoms with Crippen molar-refractivity contribution >= 4 is 10.9 Å². The fourth-order valence-corrected chi connectivity index (χ4v) is 2.24. The van der Waals surface area contributed by atoms with Gasteiger partial charge in [-0.2, -0.15) is 0 Å². The van der Waals surface area contributed by atoms with Crippen LogP contribution in [0, 0.1) is 6.92 Å². The Morgan fingerprint density at radius 1 is 1.44 bits per heavy atom. The van der Waals surface area contributed by atoms with Crippen LogP contribution in [0.3, 0.4) is 0 Å². The molecule has 1 atom stereocenters. The quantitative estimate of drug-likeness (QED) is 0.787. The molecule has 2 aromatic heterocycles. The second-order valence-corrected chi connectivity index (χ2v) is 4.72. The molecule has 2 aromatic rings. The summed E-state index contributed by atoms with van der Waals surface area (Å²) in [6.07, 6.45) is 6.03. The highest BCUT2D eigenvalue weighted by atomic mass is 15.1. The smallest absolute Gasteiger partial charge is 0.0517 e. The fraction of sp³-hybridized carbons (Fsp3) is 0.462. The molecule has 0 bridgehead atoms. The van der Waals surface area contributed by atoms with Crippen molar-refractivity contribution in [2.75, 3.05) is 20.6 Å². The molecular formula is C13H19N3. The van der Waals surface area contributed by atoms with E-state index in [1.165, 1.54) is 16.5 Å². The first kappa shape index (κ1) is 11.1. The van der Waals surface area contributed by atoms with E-state index in [0.29, 0.717) is 6.04 Å². The molecule has 0 saturated heterocycles. The van der Waals surface area contributed by atoms with E-state index in [1.807, 2.05) is 12.4 Å². The van der Waals surface area contributed by atoms with Crippen LogP contribution in [0.15, 0.2) is 24.7 Å². The van der Waals surface area contributed by atoms with E-state index < -0.39 is 0 Å². The van der Waals surface area contributed by atoms with Crippen LogP contribution >= 0.6 is 0 Å². The van der Waals surface area contributed by atoms with Crippen molar-refractivity contribution in [2.45, 2.75) is 19.9 Å². The Labute approximate surface area is 96.7 Å². The van der Waals surface area contributed by atoms with E-state index in [0.717, 1.165) is 6.54 Å². The van der Waals surface area contributed by atoms with Crippen molar-refractivity contribution in [2.24, 2.45) is 0 Å². The zero-order valence-electron chi connectivity index (χ0n) is 10.4. The van der Waals surface area contributed by atoms with E-state index in [-0.39, 0.29) is 0 Å². The molecule has 2 heterocycles. The van der Waals surface area contributed by atoms with E-state index in [9.17, 15) is 0 Å². The van der Waals surface area contributed by atoms with Crippen LogP contribution in [0.1, 0.15) is 18.5 Å². The van der Waals surface area contributed by atoms with Gasteiger partial charge in [-0.05, 0) is 39.6 Å². The Balaban J connectivity index is 2.44. The molecule has 86 valence electrons. The van der Waals surface area contributed by atoms with E-state index in [2.05, 4.69) is 54.7 Å². The van der Waals surface area contributed by atoms with Gasteiger partial charge in [0.25, 0.3) is 0 Å². The van der Waals surface area contributed by atoms with Gasteiger partial charge >= 0.3 is 0 Å². The van der Waals surface area contributed by atoms with E-state index in [4.69, 9.17) is 0 Å². The molecule has 0 aromatic carbocycles. The van der Waals surface area contributed by atoms with Crippen LogP contribution in [0.5, 0.6) is 0 Å². The Morgan fingerprint density at radius 2 is 2.19 bits per heavy atom. The zero-order chi connectivity index (χ0) is 11.7. The molecule has 0 saturated carbocycles. The first-order valence-corrected chi connectivity index (χ1v) is 5.65. The maximum absolute atomic E-state index is 4.18. The first-order valence-electron chi connectivity index (χ1n) is 5.65. The van der Waals surface area contributed by atoms with Gasteiger partial charge in [-0.3, -0.25) is 4.98 Å². The number of hydrogen-bond donors (Lipinski definition) is 0. The Hall–Kier alpha value is -1.35. The predicted molar refractivity (Wildman–Crippen MR) is 67.7 cm³/mol. The van der Waals surface area contributed by atoms with Gasteiger partial charge in [0.2, 0.25) is 0 Å². The summed E-state index contributed by atoms with van der Waals surface area (Å²) in [7, 11) is 4.22. The van der Waals surface area contributed by atoms with Gasteiger partial charge in [0.1, 0.15) is 0 Å². The second kappa shape index (κ2) is 4.26. The molecule has 0 aliphatic carbocycles. The third-order valence-electron chi connectivity index (χ3n) is 2.94. The van der Waals surface area contributed by atoms with Crippen LogP contribution in [0.2, 0.25) is 0 Å². The molecule has 0 radical (unpaired) electrons. The molecule has 0 aliphatic rings. The summed E-state index contributed by atoms with van der Waals surface area (Å²) in [5.41, 5.74) is 2.58. The lowest BCUT2D eigenvalue weighted by atomic mass is 10.2. The van der Waals surface area contributed by atoms with Gasteiger partial charge in [-0.25, -0.2) is 0 Å². The van der Waals surface area contributed by atoms with Crippen LogP contribution in [0.25, 0.3) is 10.9 Å². The third-order valence-corrected chi connectivity index (χ3v) is 2.94. The number of fused-ring (bicyclic) bond motifs is 1. The minimum Gasteiger partial charge on any atom is -0.343 e. The minimum atomic E-state index is 0.480. The van der Waals surface area contributed by atoms with Crippen LogP contribution in [-0.2, 0) is 0 Å². The summed E-state index contributed by atoms with van der Waals surface area (Å²) in [6.45, 7) is 5.44. The third kappa shape index (κ3) is 1.95. The van der Waals surface area contributed by atoms with Gasteiger partial charge in [0.15, 0.2) is 0 Å². The predicted octanol–water partition coefficient (Wildman–Crippen LogP) is 2.47. The maximum atomic E-state index is 4.18. The highest BCUT2D eigenvalue weighted by molar-refractivity contribution is 5.82. The van der Waals surface area contributed by atoms with Crippen molar-refractivity contribution < 1.29 is 0 Å². The summed E-state index contributed by atoms with van der Waals surface area (Å²) >= 11 is 0. The number of rotatable bonds is 3. The number of aryl methyl sites for hydroxylation is 1. The molecular weight excluding hydrogens is 198 g/mol. The molecule has 0 fully saturated rings. The van der Waals surface area contributed by atoms with Crippen molar-refractivity contribution in [1.29, 1.82) is 0 Å². The fourth-order valence-electron chi connectivity index (χ4n) is 2.24. The number of likely N-dealkylation sites (N-methyl/N-ethyl adjacent to an activating group) is 1. The van der Waals surface area contributed by atoms with Crippen molar-refractivity contribution in [3.8, 4) is 0 Å². The van der Waals surface area contributed by atoms with Crippen LogP contribution in [-0.4, -0.2) is 35.1 Å². The lowest BCUT2D eigenvalue weighted by Crippen LogP contribution is -2.21. The average Bonchev–Trinajstić information content (AvgIpc) is 2.56. The normalized spacial score (nSPS) is 13.6. The maximum Gasteiger partial charge on any atom is 0.0517 e. The summed E-state index contributed by atoms with van der Waals surface area (Å²) in [5.74, 6) is 0. The Bertz CT molecular complexity index is 485. The molecule has 0 aliphatic heterocycles. The van der Waals surface area contributed by atoms with Crippen molar-refractivity contribution in [1.82, 2.24) is 14.5 Å². The second-order valence-electron chi connectivity index (χ2n) is 4.72. The molecule has 0 amide bonds. The van der Waals surface area contributed by atoms with Gasteiger partial charge in [-0.15, -0.1) is 0 Å². The Morgan fingerprint density at radius 3 is 2.88 bits per heavy atom. The van der Waals surface area contributed by atoms with E-state index in [1.54, 1.807) is 0 Å². The summed E-state index contributed by atoms with van der Waals surface area (Å²) in [4.78, 5) is 6.40. The summed E-state index contributed by atoms with van der Waals surface area (Å²) in [6, 6.07) is 2.57. The molecule has 3 heteroatoms. The zero-order valence-corrected chi connectivity index (χ0v) is 10.4. The monoisotopic (exact) mass is 217 g/mol. The highest BCUT2D eigenvalue weighted by Gasteiger charge is 2.11. The van der Waals surface area contributed by atoms with Crippen molar-refractivity contribution in [3.05, 3.63) is 30.2 Å². The van der Waals surface area contributed by atoms with Gasteiger partial charge in [0.05, 0.1) is 5.52 Å². The Kier molecular flexibility index (Phi) is 2.97. The largest absolute Gasteiger partial charge is 0.343 e. The number of pyridine rings is 1. The molecule has 16 heavy (non-hydrogen) atoms. The highest BCUT2D eigenvalue weighted by Crippen LogP contribution is 2.23. The molecule has 0 N–H and O–H groups in total. The number of hydrogen-bond acceptors (Lipinski definition) is 2. The number of nitrogens with zero attached hydrogens (tertiary/aromatic N) is 3. The molecule has 0 unspecified atom stereocenters. The average molecular weight is 217 g/mol. The van der Waals surface area contributed by atoms with Crippen LogP contribution in [0.4, 0.5) is 0 Å². The van der Waals surface area contributed by atoms with Gasteiger partial charge in [0, 0.05) is 36.6 Å². The minimum absolute atomic E-state index is 0.480. The van der Waals surface area contributed by atoms with Gasteiger partial charge in [-0.1, -0.05) is 0 Å². The molecule has 2 rings (SSSR count). The lowest BCUT2D eigenvalue weighted by Gasteiger charge is -2.19. The topological polar surface area (TPSA) is 21.1 Å². The van der Waals surface area contributed by atoms with E-state index >= 15 is 0 Å². The SMILES string of the molecule is Cc1cn([C@H](C)CN(C)C)c2ccncc12. The van der Waals surface area contributed by atoms with Crippen molar-refractivity contribution in [3.63, 3.8) is 0 Å². The molecule has 0 spiro atoms. The molecule has 3 nitrogen and oxygen atoms in total. The summed E-state index contributed by atoms with van der Waals surface area (Å²) in [5, 5.41) is 1.26.